The molecule has 0 bridgehead atoms. The van der Waals surface area contributed by atoms with Crippen molar-refractivity contribution in [1.29, 1.82) is 0 Å². The highest BCUT2D eigenvalue weighted by atomic mass is 19.1. The third kappa shape index (κ3) is 4.32. The number of ether oxygens (including phenoxy) is 1. The van der Waals surface area contributed by atoms with Gasteiger partial charge in [-0.25, -0.2) is 14.0 Å². The Morgan fingerprint density at radius 3 is 2.53 bits per heavy atom. The molecule has 1 amide bonds. The van der Waals surface area contributed by atoms with E-state index in [-0.39, 0.29) is 12.1 Å². The van der Waals surface area contributed by atoms with Crippen LogP contribution in [0, 0.1) is 5.82 Å². The van der Waals surface area contributed by atoms with Crippen molar-refractivity contribution >= 4 is 17.6 Å². The monoisotopic (exact) mass is 408 g/mol. The van der Waals surface area contributed by atoms with Crippen LogP contribution in [-0.2, 0) is 4.74 Å². The largest absolute Gasteiger partial charge is 0.446 e. The average Bonchev–Trinajstić information content (AvgIpc) is 3.20. The molecule has 2 atom stereocenters. The number of aromatic nitrogens is 2. The van der Waals surface area contributed by atoms with E-state index in [4.69, 9.17) is 10.5 Å². The van der Waals surface area contributed by atoms with E-state index in [1.54, 1.807) is 0 Å². The number of hydrogen-bond donors (Lipinski definition) is 2. The van der Waals surface area contributed by atoms with E-state index in [9.17, 15) is 14.0 Å². The van der Waals surface area contributed by atoms with E-state index in [1.807, 2.05) is 54.6 Å². The van der Waals surface area contributed by atoms with Crippen LogP contribution in [0.5, 0.6) is 0 Å². The number of benzene rings is 2. The van der Waals surface area contributed by atoms with Gasteiger partial charge in [-0.2, -0.15) is 4.98 Å². The minimum Gasteiger partial charge on any atom is -0.446 e. The molecule has 4 rings (SSSR count). The fraction of sp³-hybridized carbons (Fsp3) is 0.227. The Hall–Kier alpha value is -3.68. The van der Waals surface area contributed by atoms with Gasteiger partial charge in [0.1, 0.15) is 6.10 Å². The number of amides is 1. The topological polar surface area (TPSA) is 99.2 Å². The quantitative estimate of drug-likeness (QED) is 0.680. The van der Waals surface area contributed by atoms with Crippen LogP contribution >= 0.6 is 0 Å². The van der Waals surface area contributed by atoms with Crippen molar-refractivity contribution in [3.05, 3.63) is 77.1 Å². The molecule has 0 aliphatic heterocycles. The maximum atomic E-state index is 13.7. The Kier molecular flexibility index (Phi) is 5.47. The second-order valence-corrected chi connectivity index (χ2v) is 7.23. The Labute approximate surface area is 172 Å². The van der Waals surface area contributed by atoms with Crippen LogP contribution in [0.4, 0.5) is 20.7 Å². The summed E-state index contributed by atoms with van der Waals surface area (Å²) in [5.74, 6) is -1.16. The highest BCUT2D eigenvalue weighted by molar-refractivity contribution is 5.85. The molecule has 1 fully saturated rings. The highest BCUT2D eigenvalue weighted by Crippen LogP contribution is 2.31. The van der Waals surface area contributed by atoms with E-state index in [0.717, 1.165) is 17.3 Å². The molecule has 3 N–H and O–H groups in total. The van der Waals surface area contributed by atoms with Gasteiger partial charge in [0.25, 0.3) is 0 Å². The molecular weight excluding hydrogens is 387 g/mol. The first-order valence-electron chi connectivity index (χ1n) is 9.67. The van der Waals surface area contributed by atoms with E-state index in [2.05, 4.69) is 10.3 Å². The smallest absolute Gasteiger partial charge is 0.411 e. The highest BCUT2D eigenvalue weighted by Gasteiger charge is 2.30. The lowest BCUT2D eigenvalue weighted by Gasteiger charge is -2.15. The Balaban J connectivity index is 1.34. The zero-order valence-corrected chi connectivity index (χ0v) is 16.1. The first-order chi connectivity index (χ1) is 14.5. The summed E-state index contributed by atoms with van der Waals surface area (Å²) in [5, 5.41) is 2.71. The molecule has 30 heavy (non-hydrogen) atoms. The second kappa shape index (κ2) is 8.36. The van der Waals surface area contributed by atoms with Crippen molar-refractivity contribution in [2.75, 3.05) is 11.1 Å². The molecular formula is C22H21FN4O3. The van der Waals surface area contributed by atoms with Crippen LogP contribution in [0.3, 0.4) is 0 Å². The summed E-state index contributed by atoms with van der Waals surface area (Å²) in [6.07, 6.45) is 1.68. The first-order valence-corrected chi connectivity index (χ1v) is 9.67. The van der Waals surface area contributed by atoms with Gasteiger partial charge < -0.3 is 10.5 Å². The lowest BCUT2D eigenvalue weighted by atomic mass is 10.1. The predicted octanol–water partition coefficient (Wildman–Crippen LogP) is 3.97. The van der Waals surface area contributed by atoms with Gasteiger partial charge in [0.2, 0.25) is 0 Å². The summed E-state index contributed by atoms with van der Waals surface area (Å²) in [4.78, 5) is 27.7. The molecule has 1 aromatic heterocycles. The van der Waals surface area contributed by atoms with E-state index in [1.165, 1.54) is 4.57 Å². The summed E-state index contributed by atoms with van der Waals surface area (Å²) in [6, 6.07) is 17.1. The normalized spacial score (nSPS) is 18.2. The number of nitrogens with one attached hydrogen (secondary N) is 1. The standard InChI is InChI=1S/C22H21FN4O3/c23-19-13-27(21(28)26-20(19)24)17-10-11-18(12-17)30-22(29)25-16-8-6-15(7-9-16)14-4-2-1-3-5-14/h1-9,13,17-18H,10-12H2,(H,25,29)(H2,24,26,28). The van der Waals surface area contributed by atoms with Crippen LogP contribution in [0.2, 0.25) is 0 Å². The summed E-state index contributed by atoms with van der Waals surface area (Å²) in [6.45, 7) is 0. The van der Waals surface area contributed by atoms with Gasteiger partial charge in [-0.3, -0.25) is 9.88 Å². The number of nitrogens with two attached hydrogens (primary N) is 1. The Morgan fingerprint density at radius 2 is 1.80 bits per heavy atom. The van der Waals surface area contributed by atoms with Gasteiger partial charge in [-0.05, 0) is 36.1 Å². The van der Waals surface area contributed by atoms with Crippen molar-refractivity contribution in [2.45, 2.75) is 31.4 Å². The summed E-state index contributed by atoms with van der Waals surface area (Å²) in [7, 11) is 0. The summed E-state index contributed by atoms with van der Waals surface area (Å²) in [5.41, 5.74) is 7.47. The van der Waals surface area contributed by atoms with Crippen LogP contribution in [-0.4, -0.2) is 21.7 Å². The lowest BCUT2D eigenvalue weighted by Crippen LogP contribution is -2.28. The van der Waals surface area contributed by atoms with Crippen molar-refractivity contribution < 1.29 is 13.9 Å². The van der Waals surface area contributed by atoms with Gasteiger partial charge in [0.05, 0.1) is 0 Å². The molecule has 8 heteroatoms. The molecule has 7 nitrogen and oxygen atoms in total. The summed E-state index contributed by atoms with van der Waals surface area (Å²) < 4.78 is 20.3. The average molecular weight is 408 g/mol. The number of rotatable bonds is 4. The van der Waals surface area contributed by atoms with Crippen molar-refractivity contribution in [3.8, 4) is 11.1 Å². The van der Waals surface area contributed by atoms with Crippen LogP contribution < -0.4 is 16.7 Å². The van der Waals surface area contributed by atoms with Crippen molar-refractivity contribution in [2.24, 2.45) is 0 Å². The zero-order chi connectivity index (χ0) is 21.1. The SMILES string of the molecule is Nc1nc(=O)n(C2CCC(OC(=O)Nc3ccc(-c4ccccc4)cc3)C2)cc1F. The molecule has 1 aliphatic rings. The molecule has 1 heterocycles. The van der Waals surface area contributed by atoms with Crippen molar-refractivity contribution in [3.63, 3.8) is 0 Å². The maximum Gasteiger partial charge on any atom is 0.411 e. The number of halogens is 1. The zero-order valence-electron chi connectivity index (χ0n) is 16.1. The number of carbonyl (C=O) groups is 1. The number of nitrogen functional groups attached to an aromatic ring is 1. The Bertz CT molecular complexity index is 1100. The molecule has 3 aromatic rings. The van der Waals surface area contributed by atoms with Gasteiger partial charge in [0.15, 0.2) is 11.6 Å². The fourth-order valence-corrected chi connectivity index (χ4v) is 3.67. The second-order valence-electron chi connectivity index (χ2n) is 7.23. The van der Waals surface area contributed by atoms with Crippen LogP contribution in [0.15, 0.2) is 65.6 Å². The van der Waals surface area contributed by atoms with Crippen molar-refractivity contribution in [1.82, 2.24) is 9.55 Å². The number of carbonyl (C=O) groups excluding carboxylic acids is 1. The van der Waals surface area contributed by atoms with E-state index < -0.39 is 23.4 Å². The van der Waals surface area contributed by atoms with Gasteiger partial charge in [0, 0.05) is 24.3 Å². The van der Waals surface area contributed by atoms with Crippen LogP contribution in [0.1, 0.15) is 25.3 Å². The summed E-state index contributed by atoms with van der Waals surface area (Å²) >= 11 is 0. The van der Waals surface area contributed by atoms with Gasteiger partial charge >= 0.3 is 11.8 Å². The lowest BCUT2D eigenvalue weighted by molar-refractivity contribution is 0.112. The number of nitrogens with zero attached hydrogens (tertiary/aromatic N) is 2. The first kappa shape index (κ1) is 19.6. The van der Waals surface area contributed by atoms with E-state index >= 15 is 0 Å². The molecule has 2 aromatic carbocycles. The van der Waals surface area contributed by atoms with E-state index in [0.29, 0.717) is 24.9 Å². The molecule has 0 spiro atoms. The van der Waals surface area contributed by atoms with Gasteiger partial charge in [-0.15, -0.1) is 0 Å². The third-order valence-corrected chi connectivity index (χ3v) is 5.20. The molecule has 0 saturated heterocycles. The minimum atomic E-state index is -0.740. The van der Waals surface area contributed by atoms with Gasteiger partial charge in [-0.1, -0.05) is 42.5 Å². The molecule has 154 valence electrons. The van der Waals surface area contributed by atoms with Crippen LogP contribution in [0.25, 0.3) is 11.1 Å². The fourth-order valence-electron chi connectivity index (χ4n) is 3.67. The molecule has 0 radical (unpaired) electrons. The number of anilines is 2. The Morgan fingerprint density at radius 1 is 1.10 bits per heavy atom. The molecule has 1 aliphatic carbocycles. The number of hydrogen-bond acceptors (Lipinski definition) is 5. The third-order valence-electron chi connectivity index (χ3n) is 5.20. The minimum absolute atomic E-state index is 0.289. The maximum absolute atomic E-state index is 13.7. The molecule has 2 unspecified atom stereocenters. The molecule has 1 saturated carbocycles. The predicted molar refractivity (Wildman–Crippen MR) is 112 cm³/mol.